The van der Waals surface area contributed by atoms with E-state index in [2.05, 4.69) is 20.0 Å². The lowest BCUT2D eigenvalue weighted by molar-refractivity contribution is -0.131. The predicted molar refractivity (Wildman–Crippen MR) is 89.1 cm³/mol. The number of rotatable bonds is 4. The van der Waals surface area contributed by atoms with Gasteiger partial charge in [-0.25, -0.2) is 4.98 Å². The summed E-state index contributed by atoms with van der Waals surface area (Å²) in [6, 6.07) is 6.05. The van der Waals surface area contributed by atoms with E-state index in [1.54, 1.807) is 0 Å². The van der Waals surface area contributed by atoms with E-state index in [0.717, 1.165) is 28.1 Å². The van der Waals surface area contributed by atoms with Gasteiger partial charge >= 0.3 is 0 Å². The standard InChI is InChI=1S/C17H22N4O2/c1-10(2)13-8-16(23-20-13)17(22)18-9-12-5-6-15-14(7-12)19-11(3)21(15)4/h5-7,10,16H,8-9H2,1-4H3,(H,18,22). The monoisotopic (exact) mass is 314 g/mol. The minimum absolute atomic E-state index is 0.123. The minimum Gasteiger partial charge on any atom is -0.382 e. The quantitative estimate of drug-likeness (QED) is 0.941. The first-order valence-corrected chi connectivity index (χ1v) is 7.88. The van der Waals surface area contributed by atoms with Crippen molar-refractivity contribution >= 4 is 22.7 Å². The van der Waals surface area contributed by atoms with Gasteiger partial charge in [-0.05, 0) is 30.5 Å². The largest absolute Gasteiger partial charge is 0.382 e. The molecule has 0 spiro atoms. The number of aryl methyl sites for hydroxylation is 2. The number of imidazole rings is 1. The Morgan fingerprint density at radius 2 is 2.26 bits per heavy atom. The van der Waals surface area contributed by atoms with Crippen LogP contribution in [0.25, 0.3) is 11.0 Å². The third kappa shape index (κ3) is 3.06. The van der Waals surface area contributed by atoms with Crippen molar-refractivity contribution in [1.82, 2.24) is 14.9 Å². The van der Waals surface area contributed by atoms with Crippen molar-refractivity contribution in [3.63, 3.8) is 0 Å². The summed E-state index contributed by atoms with van der Waals surface area (Å²) in [4.78, 5) is 21.9. The highest BCUT2D eigenvalue weighted by Crippen LogP contribution is 2.18. The fourth-order valence-corrected chi connectivity index (χ4v) is 2.66. The third-order valence-corrected chi connectivity index (χ3v) is 4.29. The van der Waals surface area contributed by atoms with E-state index in [-0.39, 0.29) is 5.91 Å². The summed E-state index contributed by atoms with van der Waals surface area (Å²) in [6.07, 6.45) is 0.0651. The number of oxime groups is 1. The van der Waals surface area contributed by atoms with Gasteiger partial charge in [0.05, 0.1) is 16.7 Å². The molecule has 0 aliphatic carbocycles. The summed E-state index contributed by atoms with van der Waals surface area (Å²) in [5.41, 5.74) is 3.99. The van der Waals surface area contributed by atoms with Crippen LogP contribution < -0.4 is 5.32 Å². The lowest BCUT2D eigenvalue weighted by Crippen LogP contribution is -2.34. The smallest absolute Gasteiger partial charge is 0.264 e. The Balaban J connectivity index is 1.61. The Hall–Kier alpha value is -2.37. The molecule has 122 valence electrons. The number of nitrogens with one attached hydrogen (secondary N) is 1. The molecule has 3 rings (SSSR count). The van der Waals surface area contributed by atoms with Gasteiger partial charge in [0, 0.05) is 20.0 Å². The molecule has 1 amide bonds. The van der Waals surface area contributed by atoms with Crippen molar-refractivity contribution < 1.29 is 9.63 Å². The van der Waals surface area contributed by atoms with E-state index in [4.69, 9.17) is 4.84 Å². The predicted octanol–water partition coefficient (Wildman–Crippen LogP) is 2.30. The van der Waals surface area contributed by atoms with Gasteiger partial charge in [0.15, 0.2) is 0 Å². The number of carbonyl (C=O) groups is 1. The van der Waals surface area contributed by atoms with Gasteiger partial charge in [-0.3, -0.25) is 4.79 Å². The molecule has 0 saturated heterocycles. The molecule has 1 aliphatic heterocycles. The zero-order chi connectivity index (χ0) is 16.6. The first kappa shape index (κ1) is 15.5. The van der Waals surface area contributed by atoms with Crippen molar-refractivity contribution in [1.29, 1.82) is 0 Å². The van der Waals surface area contributed by atoms with Gasteiger partial charge in [-0.2, -0.15) is 0 Å². The molecule has 0 bridgehead atoms. The van der Waals surface area contributed by atoms with Crippen molar-refractivity contribution in [3.05, 3.63) is 29.6 Å². The van der Waals surface area contributed by atoms with Crippen LogP contribution in [0.15, 0.2) is 23.4 Å². The lowest BCUT2D eigenvalue weighted by Gasteiger charge is -2.10. The topological polar surface area (TPSA) is 68.5 Å². The Morgan fingerprint density at radius 1 is 1.48 bits per heavy atom. The summed E-state index contributed by atoms with van der Waals surface area (Å²) in [7, 11) is 2.00. The highest BCUT2D eigenvalue weighted by Gasteiger charge is 2.29. The number of benzene rings is 1. The van der Waals surface area contributed by atoms with Gasteiger partial charge in [0.25, 0.3) is 5.91 Å². The molecule has 0 fully saturated rings. The first-order valence-electron chi connectivity index (χ1n) is 7.88. The van der Waals surface area contributed by atoms with Gasteiger partial charge in [-0.1, -0.05) is 25.1 Å². The van der Waals surface area contributed by atoms with Crippen LogP contribution in [0.3, 0.4) is 0 Å². The van der Waals surface area contributed by atoms with E-state index in [9.17, 15) is 4.79 Å². The van der Waals surface area contributed by atoms with Crippen molar-refractivity contribution in [3.8, 4) is 0 Å². The highest BCUT2D eigenvalue weighted by molar-refractivity contribution is 5.93. The van der Waals surface area contributed by atoms with E-state index >= 15 is 0 Å². The summed E-state index contributed by atoms with van der Waals surface area (Å²) in [6.45, 7) is 6.53. The molecule has 6 heteroatoms. The number of aromatic nitrogens is 2. The molecular weight excluding hydrogens is 292 g/mol. The Bertz CT molecular complexity index is 776. The second-order valence-electron chi connectivity index (χ2n) is 6.29. The molecule has 1 aromatic heterocycles. The van der Waals surface area contributed by atoms with Crippen LogP contribution in [0.2, 0.25) is 0 Å². The number of fused-ring (bicyclic) bond motifs is 1. The molecule has 0 radical (unpaired) electrons. The van der Waals surface area contributed by atoms with Crippen molar-refractivity contribution in [2.75, 3.05) is 0 Å². The van der Waals surface area contributed by atoms with E-state index in [0.29, 0.717) is 18.9 Å². The van der Waals surface area contributed by atoms with Gasteiger partial charge in [0.1, 0.15) is 5.82 Å². The second kappa shape index (κ2) is 6.02. The van der Waals surface area contributed by atoms with Gasteiger partial charge in [-0.15, -0.1) is 0 Å². The van der Waals surface area contributed by atoms with E-state index in [1.807, 2.05) is 46.0 Å². The van der Waals surface area contributed by atoms with Crippen LogP contribution in [-0.2, 0) is 23.2 Å². The Morgan fingerprint density at radius 3 is 2.96 bits per heavy atom. The SMILES string of the molecule is Cc1nc2cc(CNC(=O)C3CC(C(C)C)=NO3)ccc2n1C. The van der Waals surface area contributed by atoms with Crippen molar-refractivity contribution in [2.45, 2.75) is 39.8 Å². The average molecular weight is 314 g/mol. The number of hydrogen-bond donors (Lipinski definition) is 1. The van der Waals surface area contributed by atoms with E-state index in [1.165, 1.54) is 0 Å². The zero-order valence-electron chi connectivity index (χ0n) is 14.0. The molecule has 0 saturated carbocycles. The van der Waals surface area contributed by atoms with Crippen LogP contribution in [0.5, 0.6) is 0 Å². The van der Waals surface area contributed by atoms with Crippen LogP contribution in [0.4, 0.5) is 0 Å². The van der Waals surface area contributed by atoms with Crippen molar-refractivity contribution in [2.24, 2.45) is 18.1 Å². The molecule has 1 unspecified atom stereocenters. The number of nitrogens with zero attached hydrogens (tertiary/aromatic N) is 3. The molecular formula is C17H22N4O2. The molecule has 1 aliphatic rings. The second-order valence-corrected chi connectivity index (χ2v) is 6.29. The van der Waals surface area contributed by atoms with Crippen LogP contribution in [0.1, 0.15) is 31.7 Å². The lowest BCUT2D eigenvalue weighted by atomic mass is 10.0. The molecule has 2 heterocycles. The summed E-state index contributed by atoms with van der Waals surface area (Å²) >= 11 is 0. The molecule has 1 aromatic carbocycles. The van der Waals surface area contributed by atoms with Gasteiger partial charge in [0.2, 0.25) is 6.10 Å². The number of carbonyl (C=O) groups excluding carboxylic acids is 1. The molecule has 23 heavy (non-hydrogen) atoms. The molecule has 1 N–H and O–H groups in total. The molecule has 1 atom stereocenters. The summed E-state index contributed by atoms with van der Waals surface area (Å²) < 4.78 is 2.05. The molecule has 2 aromatic rings. The fourth-order valence-electron chi connectivity index (χ4n) is 2.66. The average Bonchev–Trinajstić information content (AvgIpc) is 3.11. The number of amides is 1. The van der Waals surface area contributed by atoms with Crippen LogP contribution in [0, 0.1) is 12.8 Å². The van der Waals surface area contributed by atoms with E-state index < -0.39 is 6.10 Å². The first-order chi connectivity index (χ1) is 11.0. The maximum absolute atomic E-state index is 12.2. The Kier molecular flexibility index (Phi) is 4.07. The van der Waals surface area contributed by atoms with Crippen LogP contribution in [-0.4, -0.2) is 27.3 Å². The normalized spacial score (nSPS) is 17.4. The summed E-state index contributed by atoms with van der Waals surface area (Å²) in [5, 5.41) is 6.90. The van der Waals surface area contributed by atoms with Gasteiger partial charge < -0.3 is 14.7 Å². The molecule has 6 nitrogen and oxygen atoms in total. The number of hydrogen-bond acceptors (Lipinski definition) is 4. The highest BCUT2D eigenvalue weighted by atomic mass is 16.6. The van der Waals surface area contributed by atoms with Crippen LogP contribution >= 0.6 is 0 Å². The third-order valence-electron chi connectivity index (χ3n) is 4.29. The minimum atomic E-state index is -0.506. The summed E-state index contributed by atoms with van der Waals surface area (Å²) in [5.74, 6) is 1.16. The zero-order valence-corrected chi connectivity index (χ0v) is 14.0. The maximum Gasteiger partial charge on any atom is 0.264 e. The fraction of sp³-hybridized carbons (Fsp3) is 0.471. The Labute approximate surface area is 135 Å². The maximum atomic E-state index is 12.2.